The topological polar surface area (TPSA) is 259 Å². The van der Waals surface area contributed by atoms with Gasteiger partial charge in [0.1, 0.15) is 46.1 Å². The molecule has 0 aliphatic heterocycles. The second kappa shape index (κ2) is 17.2. The van der Waals surface area contributed by atoms with Crippen molar-refractivity contribution in [1.82, 2.24) is 37.8 Å². The summed E-state index contributed by atoms with van der Waals surface area (Å²) in [6.07, 6.45) is -1.73. The lowest BCUT2D eigenvalue weighted by Crippen LogP contribution is -2.43. The molecular weight excluding hydrogens is 777 g/mol. The number of aryl methyl sites for hydroxylation is 6. The van der Waals surface area contributed by atoms with E-state index >= 15 is 0 Å². The van der Waals surface area contributed by atoms with Crippen LogP contribution in [0.2, 0.25) is 0 Å². The number of amides is 4. The van der Waals surface area contributed by atoms with Crippen LogP contribution >= 0.6 is 0 Å². The highest BCUT2D eigenvalue weighted by Gasteiger charge is 2.30. The molecule has 2 aromatic carbocycles. The summed E-state index contributed by atoms with van der Waals surface area (Å²) in [5.74, 6) is -3.35. The van der Waals surface area contributed by atoms with E-state index < -0.39 is 35.8 Å². The summed E-state index contributed by atoms with van der Waals surface area (Å²) in [5.41, 5.74) is 14.4. The van der Waals surface area contributed by atoms with Gasteiger partial charge < -0.3 is 49.4 Å². The number of imidazole rings is 2. The van der Waals surface area contributed by atoms with Crippen LogP contribution in [0.5, 0.6) is 11.5 Å². The van der Waals surface area contributed by atoms with Gasteiger partial charge in [-0.1, -0.05) is 0 Å². The second-order valence-corrected chi connectivity index (χ2v) is 14.2. The predicted molar refractivity (Wildman–Crippen MR) is 218 cm³/mol. The van der Waals surface area contributed by atoms with E-state index in [4.69, 9.17) is 20.9 Å². The molecule has 0 aliphatic rings. The van der Waals surface area contributed by atoms with Gasteiger partial charge in [0, 0.05) is 51.5 Å². The number of fused-ring (bicyclic) bond motifs is 2. The number of nitrogens with zero attached hydrogens (tertiary/aromatic N) is 10. The Kier molecular flexibility index (Phi) is 12.3. The lowest BCUT2D eigenvalue weighted by molar-refractivity contribution is -0.0801. The van der Waals surface area contributed by atoms with E-state index in [2.05, 4.69) is 20.2 Å². The minimum absolute atomic E-state index is 0.0356. The molecule has 4 amide bonds. The van der Waals surface area contributed by atoms with Crippen molar-refractivity contribution in [2.75, 3.05) is 13.2 Å². The number of hydrogen-bond donors (Lipinski definition) is 4. The number of rotatable bonds is 15. The summed E-state index contributed by atoms with van der Waals surface area (Å²) in [5, 5.41) is 31.7. The maximum Gasteiger partial charge on any atom is 0.298 e. The molecule has 6 aromatic rings. The van der Waals surface area contributed by atoms with Crippen LogP contribution in [0.3, 0.4) is 0 Å². The van der Waals surface area contributed by atoms with Crippen LogP contribution in [0.1, 0.15) is 80.8 Å². The summed E-state index contributed by atoms with van der Waals surface area (Å²) in [7, 11) is 3.28. The fraction of sp³-hybridized carbons (Fsp3) is 0.400. The SMILES string of the molecule is CCOC(Cn1/c(=N/C(=O)c2cc(C)nn2CC)n(C)c2cc(C(N)=O)cc(O)c21)C(Cn1/c(=N/C(=O)c2cc(C)nn2CC)n(C)c2cc(C(N)=O)cc(O)c21)OCC. The number of hydrogen-bond acceptors (Lipinski definition) is 10. The number of aromatic nitrogens is 8. The monoisotopic (exact) mass is 826 g/mol. The zero-order valence-electron chi connectivity index (χ0n) is 34.8. The van der Waals surface area contributed by atoms with Crippen LogP contribution in [-0.4, -0.2) is 97.1 Å². The third-order valence-corrected chi connectivity index (χ3v) is 10.2. The number of phenolic OH excluding ortho intramolecular Hbond substituents is 2. The lowest BCUT2D eigenvalue weighted by Gasteiger charge is -2.28. The Hall–Kier alpha value is -6.80. The smallest absolute Gasteiger partial charge is 0.298 e. The molecule has 0 spiro atoms. The van der Waals surface area contributed by atoms with Crippen molar-refractivity contribution < 1.29 is 38.9 Å². The Labute approximate surface area is 343 Å². The molecule has 6 rings (SSSR count). The molecule has 0 radical (unpaired) electrons. The highest BCUT2D eigenvalue weighted by Crippen LogP contribution is 2.29. The van der Waals surface area contributed by atoms with E-state index in [-0.39, 0.29) is 82.6 Å². The van der Waals surface area contributed by atoms with Gasteiger partial charge in [-0.15, -0.1) is 0 Å². The van der Waals surface area contributed by atoms with Crippen molar-refractivity contribution in [2.45, 2.75) is 79.9 Å². The molecule has 4 aromatic heterocycles. The summed E-state index contributed by atoms with van der Waals surface area (Å²) < 4.78 is 22.2. The highest BCUT2D eigenvalue weighted by atomic mass is 16.5. The molecule has 0 aliphatic carbocycles. The molecule has 20 heteroatoms. The van der Waals surface area contributed by atoms with Crippen LogP contribution in [0.15, 0.2) is 46.4 Å². The Morgan fingerprint density at radius 1 is 0.650 bits per heavy atom. The first-order valence-corrected chi connectivity index (χ1v) is 19.5. The van der Waals surface area contributed by atoms with Crippen LogP contribution in [0.25, 0.3) is 22.1 Å². The summed E-state index contributed by atoms with van der Waals surface area (Å²) in [6.45, 7) is 11.9. The van der Waals surface area contributed by atoms with Gasteiger partial charge in [-0.25, -0.2) is 0 Å². The molecule has 4 heterocycles. The zero-order chi connectivity index (χ0) is 43.7. The number of nitrogens with two attached hydrogens (primary N) is 2. The van der Waals surface area contributed by atoms with E-state index in [1.54, 1.807) is 81.6 Å². The van der Waals surface area contributed by atoms with Crippen molar-refractivity contribution in [2.24, 2.45) is 35.5 Å². The molecule has 20 nitrogen and oxygen atoms in total. The maximum absolute atomic E-state index is 13.9. The lowest BCUT2D eigenvalue weighted by atomic mass is 10.1. The zero-order valence-corrected chi connectivity index (χ0v) is 34.8. The van der Waals surface area contributed by atoms with Crippen LogP contribution in [-0.2, 0) is 49.7 Å². The molecule has 0 saturated carbocycles. The predicted octanol–water partition coefficient (Wildman–Crippen LogP) is 1.92. The van der Waals surface area contributed by atoms with Crippen molar-refractivity contribution in [3.05, 3.63) is 81.5 Å². The van der Waals surface area contributed by atoms with Crippen LogP contribution in [0, 0.1) is 13.8 Å². The van der Waals surface area contributed by atoms with Gasteiger partial charge in [-0.05, 0) is 77.9 Å². The van der Waals surface area contributed by atoms with Crippen molar-refractivity contribution in [3.8, 4) is 11.5 Å². The number of aromatic hydroxyl groups is 2. The molecule has 0 bridgehead atoms. The van der Waals surface area contributed by atoms with Crippen molar-refractivity contribution in [1.29, 1.82) is 0 Å². The molecule has 318 valence electrons. The van der Waals surface area contributed by atoms with Crippen molar-refractivity contribution >= 4 is 45.7 Å². The average Bonchev–Trinajstić information content (AvgIpc) is 3.92. The van der Waals surface area contributed by atoms with Gasteiger partial charge in [0.15, 0.2) is 0 Å². The largest absolute Gasteiger partial charge is 0.506 e. The first kappa shape index (κ1) is 42.8. The summed E-state index contributed by atoms with van der Waals surface area (Å²) in [6, 6.07) is 8.74. The number of phenols is 2. The van der Waals surface area contributed by atoms with Gasteiger partial charge in [0.2, 0.25) is 23.1 Å². The number of primary amides is 2. The minimum Gasteiger partial charge on any atom is -0.506 e. The van der Waals surface area contributed by atoms with E-state index in [0.29, 0.717) is 35.5 Å². The molecule has 2 atom stereocenters. The van der Waals surface area contributed by atoms with Gasteiger partial charge in [0.25, 0.3) is 11.8 Å². The standard InChI is InChI=1S/C40H50N12O8/c1-9-51-27(13-21(5)45-51)37(57)43-39-47(7)25-15-23(35(41)55)17-29(53)33(25)49(39)19-31(59-11-3)32(60-12-4)20-50-34-26(16-24(36(42)56)18-30(34)54)48(8)40(50)44-38(58)28-14-22(6)46-52(28)10-2/h13-18,31-32,53-54H,9-12,19-20H2,1-8H3,(H2,41,55)(H2,42,56)/b43-39+,44-40+. The Morgan fingerprint density at radius 2 is 1.02 bits per heavy atom. The number of ether oxygens (including phenoxy) is 2. The van der Waals surface area contributed by atoms with Gasteiger partial charge in [0.05, 0.1) is 35.5 Å². The fourth-order valence-corrected chi connectivity index (χ4v) is 7.51. The van der Waals surface area contributed by atoms with Crippen LogP contribution in [0.4, 0.5) is 0 Å². The Bertz CT molecular complexity index is 2620. The molecular formula is C40H50N12O8. The molecule has 60 heavy (non-hydrogen) atoms. The van der Waals surface area contributed by atoms with E-state index in [1.807, 2.05) is 13.8 Å². The van der Waals surface area contributed by atoms with Crippen molar-refractivity contribution in [3.63, 3.8) is 0 Å². The molecule has 2 unspecified atom stereocenters. The quantitative estimate of drug-likeness (QED) is 0.117. The Balaban J connectivity index is 1.56. The number of carbonyl (C=O) groups is 4. The minimum atomic E-state index is -0.865. The third kappa shape index (κ3) is 7.97. The molecule has 0 saturated heterocycles. The highest BCUT2D eigenvalue weighted by molar-refractivity contribution is 6.00. The first-order chi connectivity index (χ1) is 28.5. The second-order valence-electron chi connectivity index (χ2n) is 14.2. The average molecular weight is 827 g/mol. The first-order valence-electron chi connectivity index (χ1n) is 19.5. The summed E-state index contributed by atoms with van der Waals surface area (Å²) >= 11 is 0. The van der Waals surface area contributed by atoms with E-state index in [0.717, 1.165) is 0 Å². The molecule has 0 fully saturated rings. The number of carbonyl (C=O) groups excluding carboxylic acids is 4. The fourth-order valence-electron chi connectivity index (χ4n) is 7.51. The maximum atomic E-state index is 13.9. The summed E-state index contributed by atoms with van der Waals surface area (Å²) in [4.78, 5) is 61.5. The van der Waals surface area contributed by atoms with Gasteiger partial charge >= 0.3 is 0 Å². The van der Waals surface area contributed by atoms with Gasteiger partial charge in [-0.3, -0.25) is 28.5 Å². The normalized spacial score (nSPS) is 13.5. The Morgan fingerprint density at radius 3 is 1.33 bits per heavy atom. The third-order valence-electron chi connectivity index (χ3n) is 10.2. The van der Waals surface area contributed by atoms with Crippen LogP contribution < -0.4 is 22.7 Å². The number of benzene rings is 2. The van der Waals surface area contributed by atoms with E-state index in [1.165, 1.54) is 24.3 Å². The van der Waals surface area contributed by atoms with Gasteiger partial charge in [-0.2, -0.15) is 20.2 Å². The van der Waals surface area contributed by atoms with E-state index in [9.17, 15) is 29.4 Å². The molecule has 6 N–H and O–H groups in total.